The third-order valence-corrected chi connectivity index (χ3v) is 7.26. The molecule has 27 heavy (non-hydrogen) atoms. The van der Waals surface area contributed by atoms with E-state index in [-0.39, 0.29) is 5.91 Å². The van der Waals surface area contributed by atoms with Crippen LogP contribution in [0.1, 0.15) is 48.9 Å². The van der Waals surface area contributed by atoms with Gasteiger partial charge in [0.1, 0.15) is 5.75 Å². The fourth-order valence-electron chi connectivity index (χ4n) is 6.10. The van der Waals surface area contributed by atoms with E-state index in [0.29, 0.717) is 17.9 Å². The molecule has 1 amide bonds. The summed E-state index contributed by atoms with van der Waals surface area (Å²) in [5, 5.41) is 0. The molecule has 0 spiro atoms. The summed E-state index contributed by atoms with van der Waals surface area (Å²) in [6.07, 6.45) is 10.2. The summed E-state index contributed by atoms with van der Waals surface area (Å²) in [6, 6.07) is 8.68. The largest absolute Gasteiger partial charge is 0.497 e. The van der Waals surface area contributed by atoms with E-state index in [4.69, 9.17) is 4.74 Å². The first kappa shape index (κ1) is 17.3. The van der Waals surface area contributed by atoms with Gasteiger partial charge in [-0.2, -0.15) is 0 Å². The maximum absolute atomic E-state index is 13.3. The molecule has 144 valence electrons. The highest BCUT2D eigenvalue weighted by atomic mass is 16.5. The number of amides is 1. The monoisotopic (exact) mass is 366 g/mol. The maximum atomic E-state index is 13.3. The van der Waals surface area contributed by atoms with Gasteiger partial charge in [0.25, 0.3) is 5.91 Å². The predicted molar refractivity (Wildman–Crippen MR) is 106 cm³/mol. The van der Waals surface area contributed by atoms with E-state index in [2.05, 4.69) is 15.9 Å². The molecular formula is C23H30N2O2. The third kappa shape index (κ3) is 2.98. The minimum absolute atomic E-state index is 0.187. The van der Waals surface area contributed by atoms with Crippen molar-refractivity contribution < 1.29 is 9.53 Å². The SMILES string of the molecule is COc1ccc(C(=O)N2CCCC3=C[C@H]4C[C@H](CN5CCCC[C@H]45)[C@@H]32)cc1. The quantitative estimate of drug-likeness (QED) is 0.748. The van der Waals surface area contributed by atoms with Crippen molar-refractivity contribution in [3.63, 3.8) is 0 Å². The number of rotatable bonds is 2. The van der Waals surface area contributed by atoms with Crippen molar-refractivity contribution in [1.29, 1.82) is 0 Å². The van der Waals surface area contributed by atoms with Crippen LogP contribution in [0.4, 0.5) is 0 Å². The summed E-state index contributed by atoms with van der Waals surface area (Å²) in [4.78, 5) is 18.3. The molecule has 4 nitrogen and oxygen atoms in total. The van der Waals surface area contributed by atoms with E-state index in [0.717, 1.165) is 30.3 Å². The molecule has 0 N–H and O–H groups in total. The number of nitrogens with zero attached hydrogens (tertiary/aromatic N) is 2. The number of piperidine rings is 3. The number of carbonyl (C=O) groups is 1. The van der Waals surface area contributed by atoms with Crippen molar-refractivity contribution in [3.05, 3.63) is 41.5 Å². The van der Waals surface area contributed by atoms with Crippen molar-refractivity contribution in [2.24, 2.45) is 11.8 Å². The predicted octanol–water partition coefficient (Wildman–Crippen LogP) is 3.73. The second kappa shape index (κ2) is 6.97. The minimum atomic E-state index is 0.187. The first-order valence-corrected chi connectivity index (χ1v) is 10.6. The minimum Gasteiger partial charge on any atom is -0.497 e. The molecule has 4 heteroatoms. The van der Waals surface area contributed by atoms with Gasteiger partial charge in [-0.05, 0) is 74.8 Å². The van der Waals surface area contributed by atoms with Crippen LogP contribution in [0, 0.1) is 11.8 Å². The van der Waals surface area contributed by atoms with E-state index in [9.17, 15) is 4.79 Å². The molecule has 3 saturated heterocycles. The topological polar surface area (TPSA) is 32.8 Å². The summed E-state index contributed by atoms with van der Waals surface area (Å²) in [6.45, 7) is 3.31. The van der Waals surface area contributed by atoms with Gasteiger partial charge in [0.05, 0.1) is 13.2 Å². The number of benzene rings is 1. The second-order valence-electron chi connectivity index (χ2n) is 8.73. The first-order chi connectivity index (χ1) is 13.2. The van der Waals surface area contributed by atoms with Gasteiger partial charge in [0.15, 0.2) is 0 Å². The highest BCUT2D eigenvalue weighted by molar-refractivity contribution is 5.95. The second-order valence-corrected chi connectivity index (χ2v) is 8.73. The average Bonchev–Trinajstić information content (AvgIpc) is 2.73. The van der Waals surface area contributed by atoms with Gasteiger partial charge < -0.3 is 9.64 Å². The van der Waals surface area contributed by atoms with Crippen molar-refractivity contribution in [2.45, 2.75) is 50.6 Å². The Morgan fingerprint density at radius 3 is 2.78 bits per heavy atom. The number of likely N-dealkylation sites (tertiary alicyclic amines) is 1. The Balaban J connectivity index is 1.43. The lowest BCUT2D eigenvalue weighted by atomic mass is 9.68. The number of methoxy groups -OCH3 is 1. The van der Waals surface area contributed by atoms with E-state index < -0.39 is 0 Å². The van der Waals surface area contributed by atoms with Crippen LogP contribution < -0.4 is 4.74 Å². The molecule has 3 fully saturated rings. The zero-order valence-electron chi connectivity index (χ0n) is 16.3. The molecule has 0 saturated carbocycles. The van der Waals surface area contributed by atoms with Gasteiger partial charge >= 0.3 is 0 Å². The molecule has 0 unspecified atom stereocenters. The number of hydrogen-bond donors (Lipinski definition) is 0. The van der Waals surface area contributed by atoms with Crippen LogP contribution in [0.3, 0.4) is 0 Å². The van der Waals surface area contributed by atoms with Crippen LogP contribution in [0.2, 0.25) is 0 Å². The Hall–Kier alpha value is -1.81. The van der Waals surface area contributed by atoms with Crippen LogP contribution in [0.15, 0.2) is 35.9 Å². The summed E-state index contributed by atoms with van der Waals surface area (Å²) < 4.78 is 5.24. The van der Waals surface area contributed by atoms with Gasteiger partial charge in [-0.25, -0.2) is 0 Å². The molecule has 4 atom stereocenters. The third-order valence-electron chi connectivity index (χ3n) is 7.26. The molecule has 1 aromatic carbocycles. The lowest BCUT2D eigenvalue weighted by Crippen LogP contribution is -2.60. The molecule has 3 heterocycles. The van der Waals surface area contributed by atoms with Crippen LogP contribution >= 0.6 is 0 Å². The molecule has 1 aromatic rings. The molecule has 2 bridgehead atoms. The van der Waals surface area contributed by atoms with E-state index >= 15 is 0 Å². The fourth-order valence-corrected chi connectivity index (χ4v) is 6.10. The average molecular weight is 367 g/mol. The molecular weight excluding hydrogens is 336 g/mol. The van der Waals surface area contributed by atoms with Crippen LogP contribution in [-0.4, -0.2) is 54.5 Å². The van der Waals surface area contributed by atoms with E-state index in [1.807, 2.05) is 24.3 Å². The van der Waals surface area contributed by atoms with Crippen molar-refractivity contribution in [3.8, 4) is 5.75 Å². The maximum Gasteiger partial charge on any atom is 0.254 e. The van der Waals surface area contributed by atoms with Gasteiger partial charge in [0, 0.05) is 24.7 Å². The van der Waals surface area contributed by atoms with Gasteiger partial charge in [0.2, 0.25) is 0 Å². The lowest BCUT2D eigenvalue weighted by Gasteiger charge is -2.54. The zero-order chi connectivity index (χ0) is 18.4. The number of ether oxygens (including phenoxy) is 1. The Morgan fingerprint density at radius 1 is 1.11 bits per heavy atom. The first-order valence-electron chi connectivity index (χ1n) is 10.6. The normalized spacial score (nSPS) is 32.9. The van der Waals surface area contributed by atoms with Gasteiger partial charge in [-0.1, -0.05) is 18.1 Å². The summed E-state index contributed by atoms with van der Waals surface area (Å²) in [5.41, 5.74) is 2.33. The fraction of sp³-hybridized carbons (Fsp3) is 0.609. The summed E-state index contributed by atoms with van der Waals surface area (Å²) in [7, 11) is 1.66. The molecule has 0 radical (unpaired) electrons. The molecule has 5 rings (SSSR count). The smallest absolute Gasteiger partial charge is 0.254 e. The highest BCUT2D eigenvalue weighted by Crippen LogP contribution is 2.45. The number of fused-ring (bicyclic) bond motifs is 6. The Labute approximate surface area is 162 Å². The van der Waals surface area contributed by atoms with Crippen LogP contribution in [0.5, 0.6) is 5.75 Å². The van der Waals surface area contributed by atoms with Crippen molar-refractivity contribution in [2.75, 3.05) is 26.7 Å². The molecule has 1 aliphatic carbocycles. The van der Waals surface area contributed by atoms with Gasteiger partial charge in [-0.15, -0.1) is 0 Å². The van der Waals surface area contributed by atoms with E-state index in [1.54, 1.807) is 12.7 Å². The molecule has 3 aliphatic heterocycles. The number of carbonyl (C=O) groups excluding carboxylic acids is 1. The Morgan fingerprint density at radius 2 is 1.96 bits per heavy atom. The molecule has 0 aromatic heterocycles. The number of hydrogen-bond acceptors (Lipinski definition) is 3. The van der Waals surface area contributed by atoms with Crippen molar-refractivity contribution in [1.82, 2.24) is 9.80 Å². The summed E-state index contributed by atoms with van der Waals surface area (Å²) in [5.74, 6) is 2.31. The van der Waals surface area contributed by atoms with Gasteiger partial charge in [-0.3, -0.25) is 9.69 Å². The van der Waals surface area contributed by atoms with Crippen molar-refractivity contribution >= 4 is 5.91 Å². The summed E-state index contributed by atoms with van der Waals surface area (Å²) >= 11 is 0. The van der Waals surface area contributed by atoms with E-state index in [1.165, 1.54) is 45.2 Å². The lowest BCUT2D eigenvalue weighted by molar-refractivity contribution is 0.00147. The zero-order valence-corrected chi connectivity index (χ0v) is 16.3. The van der Waals surface area contributed by atoms with Crippen LogP contribution in [-0.2, 0) is 0 Å². The molecule has 4 aliphatic rings. The Kier molecular flexibility index (Phi) is 4.47. The highest BCUT2D eigenvalue weighted by Gasteiger charge is 2.46. The standard InChI is InChI=1S/C23H30N2O2/c1-27-20-9-7-16(8-10-20)23(26)25-12-4-5-17-13-18-14-19(22(17)25)15-24-11-3-2-6-21(18)24/h7-10,13,18-19,21-22H,2-6,11-12,14-15H2,1H3/t18-,19+,21+,22+/m0/s1. The van der Waals surface area contributed by atoms with Crippen LogP contribution in [0.25, 0.3) is 0 Å². The Bertz CT molecular complexity index is 741.